The van der Waals surface area contributed by atoms with Crippen molar-refractivity contribution in [3.05, 3.63) is 110 Å². The van der Waals surface area contributed by atoms with Crippen molar-refractivity contribution in [1.82, 2.24) is 14.5 Å². The molecule has 62 heavy (non-hydrogen) atoms. The van der Waals surface area contributed by atoms with Crippen molar-refractivity contribution in [2.24, 2.45) is 11.7 Å². The zero-order valence-corrected chi connectivity index (χ0v) is 35.5. The number of amidine groups is 1. The van der Waals surface area contributed by atoms with Gasteiger partial charge in [0, 0.05) is 41.4 Å². The summed E-state index contributed by atoms with van der Waals surface area (Å²) in [5, 5.41) is 52.9. The van der Waals surface area contributed by atoms with Crippen molar-refractivity contribution in [2.45, 2.75) is 97.2 Å². The largest absolute Gasteiger partial charge is 0.508 e. The Bertz CT molecular complexity index is 2700. The SMILES string of the molecule is CCc1c2c(nc3ccc(OC(=O)N4CCC(Cc5ccc(N(C(=N)c6cc(C(C)C)c(O)cc6O)C(C)(N)O)cc5)CC4)cc13)-c1cc3c(c(=O)n1C2)COC(=O)C3(O)CC. The van der Waals surface area contributed by atoms with Crippen LogP contribution in [0.15, 0.2) is 65.5 Å². The second-order valence-electron chi connectivity index (χ2n) is 17.1. The van der Waals surface area contributed by atoms with Gasteiger partial charge in [-0.2, -0.15) is 0 Å². The number of hydrogen-bond acceptors (Lipinski definition) is 12. The highest BCUT2D eigenvalue weighted by Gasteiger charge is 2.45. The number of aromatic hydroxyl groups is 2. The summed E-state index contributed by atoms with van der Waals surface area (Å²) in [4.78, 5) is 47.7. The van der Waals surface area contributed by atoms with Crippen molar-refractivity contribution >= 4 is 34.5 Å². The van der Waals surface area contributed by atoms with Gasteiger partial charge in [-0.1, -0.05) is 39.8 Å². The maximum Gasteiger partial charge on any atom is 0.415 e. The van der Waals surface area contributed by atoms with Crippen LogP contribution in [0.25, 0.3) is 22.3 Å². The van der Waals surface area contributed by atoms with Gasteiger partial charge < -0.3 is 39.4 Å². The number of aryl methyl sites for hydroxylation is 1. The van der Waals surface area contributed by atoms with E-state index >= 15 is 0 Å². The summed E-state index contributed by atoms with van der Waals surface area (Å²) in [6.45, 7) is 9.92. The second-order valence-corrected chi connectivity index (χ2v) is 17.1. The molecule has 0 radical (unpaired) electrons. The molecule has 0 bridgehead atoms. The Labute approximate surface area is 358 Å². The number of fused-ring (bicyclic) bond motifs is 5. The lowest BCUT2D eigenvalue weighted by atomic mass is 9.86. The van der Waals surface area contributed by atoms with Crippen LogP contribution >= 0.6 is 0 Å². The summed E-state index contributed by atoms with van der Waals surface area (Å²) in [7, 11) is 0. The minimum Gasteiger partial charge on any atom is -0.508 e. The Morgan fingerprint density at radius 3 is 2.40 bits per heavy atom. The number of esters is 1. The summed E-state index contributed by atoms with van der Waals surface area (Å²) in [5.74, 6) is -2.77. The summed E-state index contributed by atoms with van der Waals surface area (Å²) < 4.78 is 12.8. The number of hydrogen-bond donors (Lipinski definition) is 6. The molecule has 15 heteroatoms. The van der Waals surface area contributed by atoms with Crippen LogP contribution in [0.2, 0.25) is 0 Å². The van der Waals surface area contributed by atoms with E-state index in [-0.39, 0.29) is 65.1 Å². The molecule has 5 aromatic rings. The van der Waals surface area contributed by atoms with Crippen molar-refractivity contribution in [3.8, 4) is 28.6 Å². The Balaban J connectivity index is 0.929. The number of carbonyl (C=O) groups is 2. The maximum atomic E-state index is 13.7. The minimum atomic E-state index is -1.98. The van der Waals surface area contributed by atoms with E-state index < -0.39 is 23.5 Å². The molecule has 8 rings (SSSR count). The smallest absolute Gasteiger partial charge is 0.415 e. The van der Waals surface area contributed by atoms with Gasteiger partial charge >= 0.3 is 12.1 Å². The van der Waals surface area contributed by atoms with Crippen LogP contribution in [-0.2, 0) is 41.1 Å². The number of rotatable bonds is 9. The number of anilines is 1. The van der Waals surface area contributed by atoms with Gasteiger partial charge in [-0.15, -0.1) is 0 Å². The number of nitrogens with zero attached hydrogens (tertiary/aromatic N) is 4. The van der Waals surface area contributed by atoms with Crippen LogP contribution < -0.4 is 20.9 Å². The number of phenols is 2. The summed E-state index contributed by atoms with van der Waals surface area (Å²) >= 11 is 0. The molecule has 0 saturated carbocycles. The number of nitrogens with two attached hydrogens (primary N) is 1. The number of nitrogens with one attached hydrogen (secondary N) is 1. The van der Waals surface area contributed by atoms with E-state index in [2.05, 4.69) is 0 Å². The van der Waals surface area contributed by atoms with Gasteiger partial charge in [-0.3, -0.25) is 20.8 Å². The Hall–Kier alpha value is -6.29. The summed E-state index contributed by atoms with van der Waals surface area (Å²) in [5.41, 5.74) is 10.2. The lowest BCUT2D eigenvalue weighted by Crippen LogP contribution is -2.56. The molecular formula is C47H52N6O9. The molecule has 5 heterocycles. The van der Waals surface area contributed by atoms with E-state index in [1.165, 1.54) is 24.0 Å². The average Bonchev–Trinajstić information content (AvgIpc) is 3.60. The van der Waals surface area contributed by atoms with E-state index in [4.69, 9.17) is 25.6 Å². The number of pyridine rings is 2. The Morgan fingerprint density at radius 1 is 1.05 bits per heavy atom. The maximum absolute atomic E-state index is 13.7. The highest BCUT2D eigenvalue weighted by molar-refractivity contribution is 6.10. The van der Waals surface area contributed by atoms with Gasteiger partial charge in [0.15, 0.2) is 11.4 Å². The fraction of sp³-hybridized carbons (Fsp3) is 0.383. The zero-order valence-electron chi connectivity index (χ0n) is 35.5. The van der Waals surface area contributed by atoms with Crippen LogP contribution in [0.1, 0.15) is 98.7 Å². The molecule has 3 aliphatic heterocycles. The fourth-order valence-electron chi connectivity index (χ4n) is 9.19. The molecule has 3 aliphatic rings. The molecule has 2 atom stereocenters. The van der Waals surface area contributed by atoms with Crippen molar-refractivity contribution in [3.63, 3.8) is 0 Å². The molecule has 1 fully saturated rings. The van der Waals surface area contributed by atoms with Crippen LogP contribution in [0.5, 0.6) is 17.2 Å². The van der Waals surface area contributed by atoms with Gasteiger partial charge in [-0.05, 0) is 110 Å². The molecule has 7 N–H and O–H groups in total. The molecule has 15 nitrogen and oxygen atoms in total. The lowest BCUT2D eigenvalue weighted by Gasteiger charge is -2.36. The summed E-state index contributed by atoms with van der Waals surface area (Å²) in [6, 6.07) is 17.1. The normalized spacial score (nSPS) is 18.2. The first-order chi connectivity index (χ1) is 29.4. The number of amides is 1. The average molecular weight is 845 g/mol. The number of aromatic nitrogens is 2. The molecular weight excluding hydrogens is 793 g/mol. The molecule has 324 valence electrons. The van der Waals surface area contributed by atoms with Gasteiger partial charge in [0.1, 0.15) is 29.7 Å². The fourth-order valence-corrected chi connectivity index (χ4v) is 9.19. The third-order valence-corrected chi connectivity index (χ3v) is 12.6. The van der Waals surface area contributed by atoms with Crippen molar-refractivity contribution < 1.29 is 39.5 Å². The predicted molar refractivity (Wildman–Crippen MR) is 232 cm³/mol. The monoisotopic (exact) mass is 844 g/mol. The van der Waals surface area contributed by atoms with E-state index in [0.717, 1.165) is 41.3 Å². The molecule has 0 spiro atoms. The second kappa shape index (κ2) is 15.9. The molecule has 1 saturated heterocycles. The number of benzene rings is 3. The zero-order chi connectivity index (χ0) is 44.4. The third-order valence-electron chi connectivity index (χ3n) is 12.6. The predicted octanol–water partition coefficient (Wildman–Crippen LogP) is 6.09. The van der Waals surface area contributed by atoms with Crippen LogP contribution in [0.4, 0.5) is 10.5 Å². The quantitative estimate of drug-likeness (QED) is 0.0421. The number of piperidine rings is 1. The van der Waals surface area contributed by atoms with Gasteiger partial charge in [0.2, 0.25) is 0 Å². The number of carbonyl (C=O) groups excluding carboxylic acids is 2. The lowest BCUT2D eigenvalue weighted by molar-refractivity contribution is -0.172. The number of likely N-dealkylation sites (tertiary alicyclic amines) is 1. The highest BCUT2D eigenvalue weighted by Crippen LogP contribution is 2.41. The molecule has 2 aromatic heterocycles. The first-order valence-corrected chi connectivity index (χ1v) is 21.1. The molecule has 3 aromatic carbocycles. The Kier molecular flexibility index (Phi) is 10.9. The van der Waals surface area contributed by atoms with E-state index in [1.807, 2.05) is 39.0 Å². The molecule has 2 unspecified atom stereocenters. The minimum absolute atomic E-state index is 0.0578. The van der Waals surface area contributed by atoms with Crippen molar-refractivity contribution in [2.75, 3.05) is 18.0 Å². The number of aliphatic hydroxyl groups is 2. The third kappa shape index (κ3) is 7.33. The van der Waals surface area contributed by atoms with Crippen LogP contribution in [-0.4, -0.2) is 71.7 Å². The van der Waals surface area contributed by atoms with Crippen LogP contribution in [0, 0.1) is 11.3 Å². The van der Waals surface area contributed by atoms with Crippen molar-refractivity contribution in [1.29, 1.82) is 5.41 Å². The Morgan fingerprint density at radius 2 is 1.76 bits per heavy atom. The van der Waals surface area contributed by atoms with E-state index in [1.54, 1.807) is 46.7 Å². The first-order valence-electron chi connectivity index (χ1n) is 21.1. The standard InChI is InChI=1S/C47H52N6O9/c1-6-30-32-19-29(12-13-37(32)50-41-34(30)23-52-38(41)21-36-35(43(52)56)24-61-44(57)47(36,60)7-2)62-45(58)51-16-14-27(15-17-51)18-26-8-10-28(11-9-26)53(46(5,49)59)42(48)33-20-31(25(3)4)39(54)22-40(33)55/h8-13,19-22,25,27,48,54-55,59-60H,6-7,14-18,23-24,49H2,1-5H3. The number of phenolic OH excluding ortho intramolecular Hbond substituents is 2. The molecule has 1 amide bonds. The highest BCUT2D eigenvalue weighted by atomic mass is 16.6. The van der Waals surface area contributed by atoms with Gasteiger partial charge in [-0.25, -0.2) is 14.6 Å². The molecule has 0 aliphatic carbocycles. The van der Waals surface area contributed by atoms with E-state index in [9.17, 15) is 34.8 Å². The van der Waals surface area contributed by atoms with Crippen LogP contribution in [0.3, 0.4) is 0 Å². The van der Waals surface area contributed by atoms with E-state index in [0.29, 0.717) is 59.3 Å². The summed E-state index contributed by atoms with van der Waals surface area (Å²) in [6.07, 6.45) is 2.51. The number of cyclic esters (lactones) is 1. The van der Waals surface area contributed by atoms with Gasteiger partial charge in [0.05, 0.1) is 34.6 Å². The topological polar surface area (TPSA) is 225 Å². The number of ether oxygens (including phenoxy) is 2. The van der Waals surface area contributed by atoms with Gasteiger partial charge in [0.25, 0.3) is 5.56 Å². The first kappa shape index (κ1) is 42.4.